The largest absolute Gasteiger partial charge is 0.506 e. The van der Waals surface area contributed by atoms with E-state index in [1.54, 1.807) is 17.9 Å². The van der Waals surface area contributed by atoms with Gasteiger partial charge in [0.25, 0.3) is 0 Å². The van der Waals surface area contributed by atoms with Crippen molar-refractivity contribution < 1.29 is 9.90 Å². The van der Waals surface area contributed by atoms with Crippen LogP contribution in [0, 0.1) is 0 Å². The van der Waals surface area contributed by atoms with Crippen LogP contribution in [0.4, 0.5) is 0 Å². The number of halogens is 1. The fourth-order valence-electron chi connectivity index (χ4n) is 1.87. The Labute approximate surface area is 93.3 Å². The van der Waals surface area contributed by atoms with E-state index < -0.39 is 0 Å². The van der Waals surface area contributed by atoms with Gasteiger partial charge in [-0.05, 0) is 23.6 Å². The lowest BCUT2D eigenvalue weighted by Gasteiger charge is -2.28. The second-order valence-corrected chi connectivity index (χ2v) is 4.10. The third kappa shape index (κ3) is 1.79. The molecule has 2 rings (SSSR count). The maximum atomic E-state index is 11.2. The summed E-state index contributed by atoms with van der Waals surface area (Å²) in [6.07, 6.45) is 0.710. The molecule has 0 atom stereocenters. The zero-order valence-electron chi connectivity index (χ0n) is 8.46. The molecule has 0 unspecified atom stereocenters. The number of carbonyl (C=O) groups excluding carboxylic acids is 1. The monoisotopic (exact) mass is 225 g/mol. The number of phenolic OH excluding ortho intramolecular Hbond substituents is 1. The van der Waals surface area contributed by atoms with Crippen molar-refractivity contribution in [1.82, 2.24) is 4.90 Å². The highest BCUT2D eigenvalue weighted by Gasteiger charge is 2.21. The average Bonchev–Trinajstić information content (AvgIpc) is 2.23. The molecule has 1 aromatic rings. The summed E-state index contributed by atoms with van der Waals surface area (Å²) in [5.41, 5.74) is 1.99. The lowest BCUT2D eigenvalue weighted by atomic mass is 9.99. The molecule has 0 bridgehead atoms. The van der Waals surface area contributed by atoms with Crippen LogP contribution in [0.15, 0.2) is 12.1 Å². The lowest BCUT2D eigenvalue weighted by Crippen LogP contribution is -2.34. The van der Waals surface area contributed by atoms with Gasteiger partial charge >= 0.3 is 0 Å². The van der Waals surface area contributed by atoms with Gasteiger partial charge in [0.2, 0.25) is 5.91 Å². The molecular formula is C11H12ClNO2. The number of carbonyl (C=O) groups is 1. The quantitative estimate of drug-likeness (QED) is 0.733. The van der Waals surface area contributed by atoms with E-state index in [4.69, 9.17) is 11.6 Å². The number of amides is 1. The van der Waals surface area contributed by atoms with Crippen molar-refractivity contribution in [3.63, 3.8) is 0 Å². The van der Waals surface area contributed by atoms with Crippen LogP contribution in [0.5, 0.6) is 5.75 Å². The summed E-state index contributed by atoms with van der Waals surface area (Å²) in [5, 5.41) is 9.86. The Morgan fingerprint density at radius 2 is 2.27 bits per heavy atom. The number of rotatable bonds is 0. The number of aromatic hydroxyl groups is 1. The van der Waals surface area contributed by atoms with E-state index in [0.29, 0.717) is 24.5 Å². The fraction of sp³-hybridized carbons (Fsp3) is 0.364. The molecule has 0 saturated carbocycles. The maximum Gasteiger partial charge on any atom is 0.219 e. The third-order valence-corrected chi connectivity index (χ3v) is 3.18. The number of hydrogen-bond donors (Lipinski definition) is 1. The molecule has 0 aliphatic carbocycles. The molecule has 0 aromatic heterocycles. The summed E-state index contributed by atoms with van der Waals surface area (Å²) < 4.78 is 0. The summed E-state index contributed by atoms with van der Waals surface area (Å²) >= 11 is 5.99. The van der Waals surface area contributed by atoms with E-state index in [2.05, 4.69) is 0 Å². The van der Waals surface area contributed by atoms with Gasteiger partial charge in [0.05, 0.1) is 5.02 Å². The van der Waals surface area contributed by atoms with Gasteiger partial charge in [-0.1, -0.05) is 17.7 Å². The number of fused-ring (bicyclic) bond motifs is 1. The van der Waals surface area contributed by atoms with E-state index in [9.17, 15) is 9.90 Å². The summed E-state index contributed by atoms with van der Waals surface area (Å²) in [4.78, 5) is 13.0. The van der Waals surface area contributed by atoms with Gasteiger partial charge in [-0.15, -0.1) is 0 Å². The summed E-state index contributed by atoms with van der Waals surface area (Å²) in [6, 6.07) is 3.40. The molecule has 1 aliphatic heterocycles. The van der Waals surface area contributed by atoms with Crippen molar-refractivity contribution in [3.05, 3.63) is 28.3 Å². The molecule has 0 fully saturated rings. The van der Waals surface area contributed by atoms with Crippen molar-refractivity contribution in [1.29, 1.82) is 0 Å². The molecule has 0 saturated heterocycles. The second-order valence-electron chi connectivity index (χ2n) is 3.73. The van der Waals surface area contributed by atoms with Crippen molar-refractivity contribution >= 4 is 17.5 Å². The third-order valence-electron chi connectivity index (χ3n) is 2.76. The van der Waals surface area contributed by atoms with E-state index in [-0.39, 0.29) is 11.7 Å². The molecule has 1 aliphatic rings. The van der Waals surface area contributed by atoms with Crippen molar-refractivity contribution in [2.75, 3.05) is 6.54 Å². The zero-order valence-corrected chi connectivity index (χ0v) is 9.21. The molecule has 1 aromatic carbocycles. The molecule has 1 heterocycles. The van der Waals surface area contributed by atoms with E-state index in [1.807, 2.05) is 6.07 Å². The molecular weight excluding hydrogens is 214 g/mol. The molecule has 1 N–H and O–H groups in total. The highest BCUT2D eigenvalue weighted by atomic mass is 35.5. The minimum atomic E-state index is 0.0739. The molecule has 4 heteroatoms. The number of benzene rings is 1. The first-order valence-electron chi connectivity index (χ1n) is 4.84. The molecule has 80 valence electrons. The van der Waals surface area contributed by atoms with E-state index >= 15 is 0 Å². The smallest absolute Gasteiger partial charge is 0.219 e. The predicted molar refractivity (Wildman–Crippen MR) is 57.9 cm³/mol. The highest BCUT2D eigenvalue weighted by Crippen LogP contribution is 2.32. The first kappa shape index (κ1) is 10.3. The Morgan fingerprint density at radius 1 is 1.53 bits per heavy atom. The second kappa shape index (κ2) is 3.74. The molecule has 0 spiro atoms. The minimum Gasteiger partial charge on any atom is -0.506 e. The van der Waals surface area contributed by atoms with Crippen LogP contribution in [0.3, 0.4) is 0 Å². The van der Waals surface area contributed by atoms with Crippen LogP contribution < -0.4 is 0 Å². The topological polar surface area (TPSA) is 40.5 Å². The van der Waals surface area contributed by atoms with Crippen molar-refractivity contribution in [2.45, 2.75) is 19.9 Å². The SMILES string of the molecule is CC(=O)N1CCc2c(ccc(O)c2Cl)C1. The Hall–Kier alpha value is -1.22. The van der Waals surface area contributed by atoms with E-state index in [1.165, 1.54) is 0 Å². The number of hydrogen-bond acceptors (Lipinski definition) is 2. The summed E-state index contributed by atoms with van der Waals surface area (Å²) in [6.45, 7) is 2.82. The maximum absolute atomic E-state index is 11.2. The van der Waals surface area contributed by atoms with Crippen molar-refractivity contribution in [2.24, 2.45) is 0 Å². The Balaban J connectivity index is 2.36. The molecule has 15 heavy (non-hydrogen) atoms. The molecule has 3 nitrogen and oxygen atoms in total. The normalized spacial score (nSPS) is 14.9. The Morgan fingerprint density at radius 3 is 2.93 bits per heavy atom. The number of phenols is 1. The lowest BCUT2D eigenvalue weighted by molar-refractivity contribution is -0.129. The van der Waals surface area contributed by atoms with Gasteiger partial charge in [0.15, 0.2) is 0 Å². The van der Waals surface area contributed by atoms with Gasteiger partial charge in [-0.3, -0.25) is 4.79 Å². The number of nitrogens with zero attached hydrogens (tertiary/aromatic N) is 1. The van der Waals surface area contributed by atoms with Gasteiger partial charge in [-0.2, -0.15) is 0 Å². The Kier molecular flexibility index (Phi) is 2.57. The highest BCUT2D eigenvalue weighted by molar-refractivity contribution is 6.32. The zero-order chi connectivity index (χ0) is 11.0. The summed E-state index contributed by atoms with van der Waals surface area (Å²) in [5.74, 6) is 0.191. The van der Waals surface area contributed by atoms with Crippen LogP contribution in [0.2, 0.25) is 5.02 Å². The molecule has 1 amide bonds. The first-order valence-corrected chi connectivity index (χ1v) is 5.22. The Bertz CT molecular complexity index is 417. The van der Waals surface area contributed by atoms with Crippen molar-refractivity contribution in [3.8, 4) is 5.75 Å². The fourth-order valence-corrected chi connectivity index (χ4v) is 2.15. The van der Waals surface area contributed by atoms with Crippen LogP contribution in [-0.4, -0.2) is 22.5 Å². The predicted octanol–water partition coefficient (Wildman–Crippen LogP) is 1.95. The molecule has 0 radical (unpaired) electrons. The standard InChI is InChI=1S/C11H12ClNO2/c1-7(14)13-5-4-9-8(6-13)2-3-10(15)11(9)12/h2-3,15H,4-6H2,1H3. The van der Waals surface area contributed by atoms with Crippen LogP contribution in [0.1, 0.15) is 18.1 Å². The van der Waals surface area contributed by atoms with Gasteiger partial charge in [-0.25, -0.2) is 0 Å². The van der Waals surface area contributed by atoms with Gasteiger partial charge in [0, 0.05) is 20.0 Å². The van der Waals surface area contributed by atoms with Crippen LogP contribution in [-0.2, 0) is 17.8 Å². The van der Waals surface area contributed by atoms with Crippen LogP contribution in [0.25, 0.3) is 0 Å². The van der Waals surface area contributed by atoms with E-state index in [0.717, 1.165) is 11.1 Å². The van der Waals surface area contributed by atoms with Gasteiger partial charge in [0.1, 0.15) is 5.75 Å². The average molecular weight is 226 g/mol. The summed E-state index contributed by atoms with van der Waals surface area (Å²) in [7, 11) is 0. The van der Waals surface area contributed by atoms with Crippen LogP contribution >= 0.6 is 11.6 Å². The first-order chi connectivity index (χ1) is 7.09. The van der Waals surface area contributed by atoms with Gasteiger partial charge < -0.3 is 10.0 Å². The minimum absolute atomic E-state index is 0.0739.